The van der Waals surface area contributed by atoms with Crippen molar-refractivity contribution in [1.82, 2.24) is 4.90 Å². The van der Waals surface area contributed by atoms with Crippen molar-refractivity contribution in [2.75, 3.05) is 11.9 Å². The van der Waals surface area contributed by atoms with Gasteiger partial charge in [0.15, 0.2) is 0 Å². The number of fused-ring (bicyclic) bond motifs is 1. The van der Waals surface area contributed by atoms with E-state index in [4.69, 9.17) is 16.3 Å². The molecule has 0 unspecified atom stereocenters. The molecule has 3 amide bonds. The van der Waals surface area contributed by atoms with Crippen molar-refractivity contribution in [1.29, 1.82) is 0 Å². The van der Waals surface area contributed by atoms with Crippen molar-refractivity contribution < 1.29 is 23.5 Å². The molecule has 5 rings (SSSR count). The Kier molecular flexibility index (Phi) is 7.44. The molecule has 1 aliphatic rings. The van der Waals surface area contributed by atoms with Gasteiger partial charge in [0.05, 0.1) is 9.93 Å². The van der Waals surface area contributed by atoms with Gasteiger partial charge in [-0.05, 0) is 70.1 Å². The number of hydrogen-bond donors (Lipinski definition) is 1. The molecule has 0 atom stereocenters. The molecule has 1 aliphatic heterocycles. The Morgan fingerprint density at radius 2 is 1.76 bits per heavy atom. The number of hydrogen-bond acceptors (Lipinski definition) is 5. The molecule has 0 aromatic heterocycles. The van der Waals surface area contributed by atoms with Crippen LogP contribution in [0.15, 0.2) is 89.8 Å². The Hall–Kier alpha value is -4.14. The zero-order valence-corrected chi connectivity index (χ0v) is 21.4. The van der Waals surface area contributed by atoms with E-state index in [9.17, 15) is 18.8 Å². The number of imide groups is 1. The number of nitrogens with zero attached hydrogens (tertiary/aromatic N) is 1. The van der Waals surface area contributed by atoms with Gasteiger partial charge in [-0.3, -0.25) is 19.3 Å². The Bertz CT molecular complexity index is 1580. The lowest BCUT2D eigenvalue weighted by molar-refractivity contribution is -0.127. The first-order valence-corrected chi connectivity index (χ1v) is 12.8. The van der Waals surface area contributed by atoms with Crippen LogP contribution in [0.25, 0.3) is 16.8 Å². The summed E-state index contributed by atoms with van der Waals surface area (Å²) in [6, 6.07) is 25.1. The van der Waals surface area contributed by atoms with Gasteiger partial charge in [0, 0.05) is 5.69 Å². The van der Waals surface area contributed by atoms with E-state index < -0.39 is 29.4 Å². The fourth-order valence-electron chi connectivity index (χ4n) is 3.95. The van der Waals surface area contributed by atoms with Gasteiger partial charge in [0.1, 0.15) is 24.7 Å². The van der Waals surface area contributed by atoms with Crippen molar-refractivity contribution in [2.24, 2.45) is 0 Å². The van der Waals surface area contributed by atoms with E-state index in [1.807, 2.05) is 24.3 Å². The Morgan fingerprint density at radius 1 is 1.00 bits per heavy atom. The molecule has 1 heterocycles. The van der Waals surface area contributed by atoms with E-state index in [1.54, 1.807) is 30.3 Å². The maximum absolute atomic E-state index is 13.3. The third kappa shape index (κ3) is 5.72. The molecule has 1 N–H and O–H groups in total. The molecule has 38 heavy (non-hydrogen) atoms. The summed E-state index contributed by atoms with van der Waals surface area (Å²) in [7, 11) is 0. The van der Waals surface area contributed by atoms with Crippen LogP contribution in [0.3, 0.4) is 0 Å². The van der Waals surface area contributed by atoms with E-state index in [-0.39, 0.29) is 15.6 Å². The van der Waals surface area contributed by atoms with Gasteiger partial charge in [0.2, 0.25) is 5.91 Å². The molecular formula is C29H20ClFN2O4S. The first-order valence-electron chi connectivity index (χ1n) is 11.6. The monoisotopic (exact) mass is 546 g/mol. The third-order valence-electron chi connectivity index (χ3n) is 5.83. The predicted octanol–water partition coefficient (Wildman–Crippen LogP) is 6.89. The lowest BCUT2D eigenvalue weighted by Gasteiger charge is -2.12. The summed E-state index contributed by atoms with van der Waals surface area (Å²) < 4.78 is 19.3. The van der Waals surface area contributed by atoms with Crippen molar-refractivity contribution in [3.63, 3.8) is 0 Å². The lowest BCUT2D eigenvalue weighted by Crippen LogP contribution is -2.36. The number of anilines is 1. The molecule has 0 bridgehead atoms. The van der Waals surface area contributed by atoms with Crippen LogP contribution in [0.2, 0.25) is 5.02 Å². The van der Waals surface area contributed by atoms with Gasteiger partial charge >= 0.3 is 0 Å². The van der Waals surface area contributed by atoms with Crippen LogP contribution < -0.4 is 10.1 Å². The normalized spacial score (nSPS) is 14.4. The maximum atomic E-state index is 13.3. The summed E-state index contributed by atoms with van der Waals surface area (Å²) in [5, 5.41) is 4.09. The van der Waals surface area contributed by atoms with Gasteiger partial charge in [0.25, 0.3) is 11.1 Å². The molecule has 0 radical (unpaired) electrons. The molecule has 0 saturated carbocycles. The lowest BCUT2D eigenvalue weighted by atomic mass is 10.1. The minimum atomic E-state index is -0.620. The summed E-state index contributed by atoms with van der Waals surface area (Å²) in [6.07, 6.45) is 1.59. The zero-order valence-electron chi connectivity index (χ0n) is 19.8. The maximum Gasteiger partial charge on any atom is 0.294 e. The molecule has 4 aromatic rings. The summed E-state index contributed by atoms with van der Waals surface area (Å²) in [5.74, 6) is -1.13. The van der Waals surface area contributed by atoms with E-state index in [2.05, 4.69) is 23.5 Å². The van der Waals surface area contributed by atoms with E-state index in [0.29, 0.717) is 17.9 Å². The van der Waals surface area contributed by atoms with Gasteiger partial charge in [-0.1, -0.05) is 66.2 Å². The van der Waals surface area contributed by atoms with Crippen molar-refractivity contribution in [3.05, 3.63) is 112 Å². The minimum Gasteiger partial charge on any atom is -0.489 e. The van der Waals surface area contributed by atoms with Crippen LogP contribution in [0.4, 0.5) is 14.9 Å². The summed E-state index contributed by atoms with van der Waals surface area (Å²) >= 11 is 6.48. The van der Waals surface area contributed by atoms with Crippen LogP contribution in [0.1, 0.15) is 11.1 Å². The largest absolute Gasteiger partial charge is 0.489 e. The van der Waals surface area contributed by atoms with Crippen LogP contribution in [-0.2, 0) is 16.2 Å². The van der Waals surface area contributed by atoms with Crippen LogP contribution >= 0.6 is 23.4 Å². The number of benzene rings is 4. The summed E-state index contributed by atoms with van der Waals surface area (Å²) in [4.78, 5) is 38.6. The number of thioether (sulfide) groups is 1. The number of carbonyl (C=O) groups is 3. The second kappa shape index (κ2) is 11.1. The fraction of sp³-hybridized carbons (Fsp3) is 0.0690. The third-order valence-corrected chi connectivity index (χ3v) is 7.03. The highest BCUT2D eigenvalue weighted by molar-refractivity contribution is 8.18. The molecule has 0 spiro atoms. The number of ether oxygens (including phenoxy) is 1. The number of nitrogens with one attached hydrogen (secondary N) is 1. The minimum absolute atomic E-state index is 0.151. The van der Waals surface area contributed by atoms with Crippen LogP contribution in [-0.4, -0.2) is 28.5 Å². The average molecular weight is 547 g/mol. The van der Waals surface area contributed by atoms with Crippen molar-refractivity contribution >= 4 is 63.0 Å². The Morgan fingerprint density at radius 3 is 2.55 bits per heavy atom. The second-order valence-corrected chi connectivity index (χ2v) is 9.84. The molecule has 9 heteroatoms. The first-order chi connectivity index (χ1) is 18.4. The Labute approximate surface area is 227 Å². The van der Waals surface area contributed by atoms with E-state index in [1.165, 1.54) is 12.1 Å². The fourth-order valence-corrected chi connectivity index (χ4v) is 4.96. The topological polar surface area (TPSA) is 75.7 Å². The highest BCUT2D eigenvalue weighted by atomic mass is 35.5. The van der Waals surface area contributed by atoms with Gasteiger partial charge in [-0.25, -0.2) is 4.39 Å². The van der Waals surface area contributed by atoms with Crippen LogP contribution in [0.5, 0.6) is 5.75 Å². The molecule has 1 saturated heterocycles. The van der Waals surface area contributed by atoms with Crippen LogP contribution in [0, 0.1) is 5.82 Å². The molecule has 1 fully saturated rings. The summed E-state index contributed by atoms with van der Waals surface area (Å²) in [5.41, 5.74) is 2.04. The molecule has 4 aromatic carbocycles. The number of carbonyl (C=O) groups excluding carboxylic acids is 3. The van der Waals surface area contributed by atoms with E-state index >= 15 is 0 Å². The molecule has 0 aliphatic carbocycles. The Balaban J connectivity index is 1.20. The molecule has 190 valence electrons. The van der Waals surface area contributed by atoms with Gasteiger partial charge in [-0.2, -0.15) is 0 Å². The smallest absolute Gasteiger partial charge is 0.294 e. The highest BCUT2D eigenvalue weighted by Gasteiger charge is 2.36. The van der Waals surface area contributed by atoms with Crippen molar-refractivity contribution in [2.45, 2.75) is 6.61 Å². The summed E-state index contributed by atoms with van der Waals surface area (Å²) in [6.45, 7) is -0.0657. The van der Waals surface area contributed by atoms with E-state index in [0.717, 1.165) is 39.1 Å². The van der Waals surface area contributed by atoms with Crippen molar-refractivity contribution in [3.8, 4) is 5.75 Å². The second-order valence-electron chi connectivity index (χ2n) is 8.44. The highest BCUT2D eigenvalue weighted by Crippen LogP contribution is 2.32. The molecule has 6 nitrogen and oxygen atoms in total. The molecular weight excluding hydrogens is 527 g/mol. The zero-order chi connectivity index (χ0) is 26.6. The number of rotatable bonds is 7. The van der Waals surface area contributed by atoms with Gasteiger partial charge < -0.3 is 10.1 Å². The standard InChI is InChI=1S/C29H20ClFN2O4S/c30-24-15-21(10-13-25(24)31)32-27(34)16-33-28(35)26(38-29(33)36)14-18-8-11-22(12-9-18)37-17-20-6-3-5-19-4-1-2-7-23(19)20/h1-15H,16-17H2,(H,32,34)/b26-14+. The van der Waals surface area contributed by atoms with Gasteiger partial charge in [-0.15, -0.1) is 0 Å². The average Bonchev–Trinajstić information content (AvgIpc) is 3.17. The first kappa shape index (κ1) is 25.5. The number of amides is 3. The quantitative estimate of drug-likeness (QED) is 0.256. The predicted molar refractivity (Wildman–Crippen MR) is 147 cm³/mol. The SMILES string of the molecule is O=C(CN1C(=O)S/C(=C/c2ccc(OCc3cccc4ccccc34)cc2)C1=O)Nc1ccc(F)c(Cl)c1. The number of halogens is 2.